The van der Waals surface area contributed by atoms with Gasteiger partial charge in [0.25, 0.3) is 0 Å². The van der Waals surface area contributed by atoms with Crippen molar-refractivity contribution in [3.63, 3.8) is 0 Å². The minimum absolute atomic E-state index is 0.283. The Morgan fingerprint density at radius 3 is 2.50 bits per heavy atom. The maximum atomic E-state index is 13.3. The molecule has 0 aliphatic heterocycles. The molecule has 5 heteroatoms. The molecule has 18 heavy (non-hydrogen) atoms. The lowest BCUT2D eigenvalue weighted by Crippen LogP contribution is -2.05. The Labute approximate surface area is 105 Å². The molecule has 0 unspecified atom stereocenters. The number of nitrogen functional groups attached to an aromatic ring is 1. The van der Waals surface area contributed by atoms with Crippen LogP contribution >= 0.6 is 0 Å². The molecule has 2 aromatic rings. The number of aryl methyl sites for hydroxylation is 2. The molecule has 0 amide bonds. The number of nitrogens with one attached hydrogen (secondary N) is 1. The highest BCUT2D eigenvalue weighted by atomic mass is 19.1. The number of hydrogen-bond donors (Lipinski definition) is 2. The second-order valence-corrected chi connectivity index (χ2v) is 4.27. The van der Waals surface area contributed by atoms with E-state index in [9.17, 15) is 4.39 Å². The summed E-state index contributed by atoms with van der Waals surface area (Å²) < 4.78 is 13.3. The highest BCUT2D eigenvalue weighted by Gasteiger charge is 2.07. The summed E-state index contributed by atoms with van der Waals surface area (Å²) in [6, 6.07) is 4.73. The standard InChI is InChI=1S/C13H15FN4/c1-7-4-10(14)6-11(5-7)18-13-8(2)12(15)16-9(3)17-13/h4-6H,1-3H3,(H3,15,16,17,18). The normalized spacial score (nSPS) is 10.4. The molecule has 4 nitrogen and oxygen atoms in total. The van der Waals surface area contributed by atoms with E-state index in [0.29, 0.717) is 23.1 Å². The van der Waals surface area contributed by atoms with Gasteiger partial charge in [-0.2, -0.15) is 0 Å². The Morgan fingerprint density at radius 2 is 1.83 bits per heavy atom. The lowest BCUT2D eigenvalue weighted by molar-refractivity contribution is 0.627. The van der Waals surface area contributed by atoms with E-state index >= 15 is 0 Å². The van der Waals surface area contributed by atoms with Crippen LogP contribution < -0.4 is 11.1 Å². The monoisotopic (exact) mass is 246 g/mol. The number of rotatable bonds is 2. The summed E-state index contributed by atoms with van der Waals surface area (Å²) in [7, 11) is 0. The Bertz CT molecular complexity index is 576. The first-order valence-electron chi connectivity index (χ1n) is 5.60. The van der Waals surface area contributed by atoms with E-state index in [1.165, 1.54) is 12.1 Å². The molecule has 0 aliphatic rings. The molecule has 1 aromatic carbocycles. The van der Waals surface area contributed by atoms with Crippen molar-refractivity contribution in [1.82, 2.24) is 9.97 Å². The molecular weight excluding hydrogens is 231 g/mol. The predicted molar refractivity (Wildman–Crippen MR) is 70.3 cm³/mol. The van der Waals surface area contributed by atoms with E-state index in [0.717, 1.165) is 11.1 Å². The van der Waals surface area contributed by atoms with Gasteiger partial charge >= 0.3 is 0 Å². The Morgan fingerprint density at radius 1 is 1.11 bits per heavy atom. The Hall–Kier alpha value is -2.17. The average Bonchev–Trinajstić information content (AvgIpc) is 2.23. The SMILES string of the molecule is Cc1cc(F)cc(Nc2nc(C)nc(N)c2C)c1. The van der Waals surface area contributed by atoms with Crippen LogP contribution in [0.4, 0.5) is 21.7 Å². The average molecular weight is 246 g/mol. The van der Waals surface area contributed by atoms with E-state index in [1.54, 1.807) is 6.92 Å². The zero-order valence-corrected chi connectivity index (χ0v) is 10.6. The van der Waals surface area contributed by atoms with Crippen LogP contribution in [0.1, 0.15) is 17.0 Å². The highest BCUT2D eigenvalue weighted by Crippen LogP contribution is 2.23. The van der Waals surface area contributed by atoms with Crippen LogP contribution in [0.5, 0.6) is 0 Å². The van der Waals surface area contributed by atoms with Crippen molar-refractivity contribution in [3.8, 4) is 0 Å². The third-order valence-electron chi connectivity index (χ3n) is 2.60. The van der Waals surface area contributed by atoms with Gasteiger partial charge < -0.3 is 11.1 Å². The lowest BCUT2D eigenvalue weighted by atomic mass is 10.2. The van der Waals surface area contributed by atoms with E-state index in [-0.39, 0.29) is 5.82 Å². The summed E-state index contributed by atoms with van der Waals surface area (Å²) in [6.45, 7) is 5.42. The number of halogens is 1. The topological polar surface area (TPSA) is 63.8 Å². The van der Waals surface area contributed by atoms with Crippen LogP contribution in [-0.2, 0) is 0 Å². The van der Waals surface area contributed by atoms with Crippen LogP contribution in [0.2, 0.25) is 0 Å². The molecule has 0 atom stereocenters. The molecule has 0 saturated carbocycles. The molecule has 0 radical (unpaired) electrons. The number of anilines is 3. The summed E-state index contributed by atoms with van der Waals surface area (Å²) in [5.41, 5.74) is 8.01. The fourth-order valence-corrected chi connectivity index (χ4v) is 1.72. The number of nitrogens with zero attached hydrogens (tertiary/aromatic N) is 2. The van der Waals surface area contributed by atoms with Crippen molar-refractivity contribution < 1.29 is 4.39 Å². The van der Waals surface area contributed by atoms with Gasteiger partial charge in [0.1, 0.15) is 23.3 Å². The first kappa shape index (κ1) is 12.3. The number of nitrogens with two attached hydrogens (primary N) is 1. The molecule has 0 aliphatic carbocycles. The van der Waals surface area contributed by atoms with Crippen LogP contribution in [0.3, 0.4) is 0 Å². The second-order valence-electron chi connectivity index (χ2n) is 4.27. The van der Waals surface area contributed by atoms with Crippen molar-refractivity contribution in [1.29, 1.82) is 0 Å². The summed E-state index contributed by atoms with van der Waals surface area (Å²) in [5, 5.41) is 3.06. The van der Waals surface area contributed by atoms with Gasteiger partial charge in [-0.05, 0) is 44.5 Å². The van der Waals surface area contributed by atoms with Crippen LogP contribution in [0.15, 0.2) is 18.2 Å². The molecule has 0 saturated heterocycles. The highest BCUT2D eigenvalue weighted by molar-refractivity contribution is 5.64. The smallest absolute Gasteiger partial charge is 0.139 e. The first-order valence-corrected chi connectivity index (χ1v) is 5.60. The van der Waals surface area contributed by atoms with E-state index in [2.05, 4.69) is 15.3 Å². The van der Waals surface area contributed by atoms with Crippen molar-refractivity contribution >= 4 is 17.3 Å². The minimum atomic E-state index is -0.283. The quantitative estimate of drug-likeness (QED) is 0.855. The molecule has 0 fully saturated rings. The summed E-state index contributed by atoms with van der Waals surface area (Å²) in [4.78, 5) is 8.33. The van der Waals surface area contributed by atoms with Gasteiger partial charge in [-0.25, -0.2) is 14.4 Å². The number of hydrogen-bond acceptors (Lipinski definition) is 4. The van der Waals surface area contributed by atoms with E-state index < -0.39 is 0 Å². The molecule has 0 spiro atoms. The third kappa shape index (κ3) is 2.56. The lowest BCUT2D eigenvalue weighted by Gasteiger charge is -2.11. The number of aromatic nitrogens is 2. The van der Waals surface area contributed by atoms with Gasteiger partial charge in [-0.1, -0.05) is 0 Å². The predicted octanol–water partition coefficient (Wildman–Crippen LogP) is 2.87. The van der Waals surface area contributed by atoms with Crippen molar-refractivity contribution in [2.24, 2.45) is 0 Å². The van der Waals surface area contributed by atoms with Gasteiger partial charge in [0, 0.05) is 11.3 Å². The van der Waals surface area contributed by atoms with Gasteiger partial charge in [-0.3, -0.25) is 0 Å². The third-order valence-corrected chi connectivity index (χ3v) is 2.60. The molecule has 3 N–H and O–H groups in total. The molecular formula is C13H15FN4. The van der Waals surface area contributed by atoms with Crippen molar-refractivity contribution in [2.75, 3.05) is 11.1 Å². The van der Waals surface area contributed by atoms with Gasteiger partial charge in [0.2, 0.25) is 0 Å². The molecule has 1 aromatic heterocycles. The molecule has 1 heterocycles. The molecule has 94 valence electrons. The Kier molecular flexibility index (Phi) is 3.14. The maximum Gasteiger partial charge on any atom is 0.139 e. The summed E-state index contributed by atoms with van der Waals surface area (Å²) in [5.74, 6) is 1.32. The minimum Gasteiger partial charge on any atom is -0.383 e. The van der Waals surface area contributed by atoms with Gasteiger partial charge in [0.15, 0.2) is 0 Å². The number of benzene rings is 1. The first-order chi connectivity index (χ1) is 8.45. The maximum absolute atomic E-state index is 13.3. The van der Waals surface area contributed by atoms with Gasteiger partial charge in [-0.15, -0.1) is 0 Å². The summed E-state index contributed by atoms with van der Waals surface area (Å²) >= 11 is 0. The zero-order chi connectivity index (χ0) is 13.3. The van der Waals surface area contributed by atoms with Crippen molar-refractivity contribution in [2.45, 2.75) is 20.8 Å². The molecule has 0 bridgehead atoms. The fourth-order valence-electron chi connectivity index (χ4n) is 1.72. The van der Waals surface area contributed by atoms with Crippen molar-refractivity contribution in [3.05, 3.63) is 41.0 Å². The largest absolute Gasteiger partial charge is 0.383 e. The van der Waals surface area contributed by atoms with E-state index in [1.807, 2.05) is 19.9 Å². The van der Waals surface area contributed by atoms with Crippen LogP contribution in [-0.4, -0.2) is 9.97 Å². The second kappa shape index (κ2) is 4.60. The van der Waals surface area contributed by atoms with Gasteiger partial charge in [0.05, 0.1) is 0 Å². The zero-order valence-electron chi connectivity index (χ0n) is 10.6. The van der Waals surface area contributed by atoms with E-state index in [4.69, 9.17) is 5.73 Å². The molecule has 2 rings (SSSR count). The van der Waals surface area contributed by atoms with Crippen LogP contribution in [0, 0.1) is 26.6 Å². The van der Waals surface area contributed by atoms with Crippen LogP contribution in [0.25, 0.3) is 0 Å². The summed E-state index contributed by atoms with van der Waals surface area (Å²) in [6.07, 6.45) is 0. The Balaban J connectivity index is 2.39. The fraction of sp³-hybridized carbons (Fsp3) is 0.231.